The van der Waals surface area contributed by atoms with Gasteiger partial charge in [-0.1, -0.05) is 6.07 Å². The van der Waals surface area contributed by atoms with Crippen molar-refractivity contribution in [1.29, 1.82) is 0 Å². The molecule has 2 atom stereocenters. The van der Waals surface area contributed by atoms with E-state index in [0.717, 1.165) is 29.4 Å². The summed E-state index contributed by atoms with van der Waals surface area (Å²) in [5.41, 5.74) is 7.46. The number of nitrogens with zero attached hydrogens (tertiary/aromatic N) is 1. The maximum Gasteiger partial charge on any atom is 0.127 e. The van der Waals surface area contributed by atoms with Crippen LogP contribution in [0.15, 0.2) is 18.2 Å². The van der Waals surface area contributed by atoms with Crippen molar-refractivity contribution in [1.82, 2.24) is 4.90 Å². The van der Waals surface area contributed by atoms with Crippen LogP contribution < -0.4 is 15.2 Å². The zero-order valence-electron chi connectivity index (χ0n) is 11.8. The van der Waals surface area contributed by atoms with Crippen LogP contribution in [-0.4, -0.2) is 50.3 Å². The maximum atomic E-state index is 6.50. The lowest BCUT2D eigenvalue weighted by atomic mass is 9.98. The zero-order valence-corrected chi connectivity index (χ0v) is 12.6. The Balaban J connectivity index is 2.33. The summed E-state index contributed by atoms with van der Waals surface area (Å²) in [5.74, 6) is 3.81. The summed E-state index contributed by atoms with van der Waals surface area (Å²) < 4.78 is 10.9. The van der Waals surface area contributed by atoms with Gasteiger partial charge in [0, 0.05) is 24.1 Å². The molecule has 1 fully saturated rings. The van der Waals surface area contributed by atoms with E-state index in [2.05, 4.69) is 11.9 Å². The van der Waals surface area contributed by atoms with E-state index < -0.39 is 0 Å². The molecule has 1 aromatic rings. The van der Waals surface area contributed by atoms with Gasteiger partial charge < -0.3 is 15.2 Å². The van der Waals surface area contributed by atoms with Gasteiger partial charge in [0.05, 0.1) is 25.8 Å². The smallest absolute Gasteiger partial charge is 0.127 e. The van der Waals surface area contributed by atoms with Crippen LogP contribution in [0.4, 0.5) is 0 Å². The number of likely N-dealkylation sites (N-methyl/N-ethyl adjacent to an activating group) is 1. The summed E-state index contributed by atoms with van der Waals surface area (Å²) in [6, 6.07) is 6.00. The molecular formula is C14H22N2O2S. The summed E-state index contributed by atoms with van der Waals surface area (Å²) in [6.45, 7) is 1.07. The van der Waals surface area contributed by atoms with Crippen LogP contribution >= 0.6 is 11.8 Å². The third-order valence-electron chi connectivity index (χ3n) is 3.66. The number of rotatable bonds is 4. The second kappa shape index (κ2) is 6.50. The number of hydrogen-bond donors (Lipinski definition) is 1. The third-order valence-corrected chi connectivity index (χ3v) is 4.71. The van der Waals surface area contributed by atoms with E-state index in [0.29, 0.717) is 6.04 Å². The van der Waals surface area contributed by atoms with Gasteiger partial charge in [0.25, 0.3) is 0 Å². The number of benzene rings is 1. The standard InChI is InChI=1S/C14H22N2O2S/c1-16-7-8-19-9-10(16)14(15)13-11(17-2)5-4-6-12(13)18-3/h4-6,10,14H,7-9,15H2,1-3H3. The Labute approximate surface area is 119 Å². The lowest BCUT2D eigenvalue weighted by Gasteiger charge is -2.36. The van der Waals surface area contributed by atoms with Crippen LogP contribution in [-0.2, 0) is 0 Å². The van der Waals surface area contributed by atoms with Gasteiger partial charge in [0.1, 0.15) is 11.5 Å². The third kappa shape index (κ3) is 2.99. The van der Waals surface area contributed by atoms with Crippen LogP contribution in [0.25, 0.3) is 0 Å². The van der Waals surface area contributed by atoms with E-state index in [-0.39, 0.29) is 6.04 Å². The number of methoxy groups -OCH3 is 2. The summed E-state index contributed by atoms with van der Waals surface area (Å²) in [6.07, 6.45) is 0. The molecule has 2 N–H and O–H groups in total. The fraction of sp³-hybridized carbons (Fsp3) is 0.571. The maximum absolute atomic E-state index is 6.50. The molecule has 0 saturated carbocycles. The van der Waals surface area contributed by atoms with Gasteiger partial charge >= 0.3 is 0 Å². The monoisotopic (exact) mass is 282 g/mol. The van der Waals surface area contributed by atoms with E-state index in [1.54, 1.807) is 14.2 Å². The van der Waals surface area contributed by atoms with Crippen LogP contribution in [0, 0.1) is 0 Å². The van der Waals surface area contributed by atoms with Gasteiger partial charge in [0.2, 0.25) is 0 Å². The van der Waals surface area contributed by atoms with E-state index in [1.807, 2.05) is 30.0 Å². The molecule has 0 bridgehead atoms. The molecule has 0 spiro atoms. The summed E-state index contributed by atoms with van der Waals surface area (Å²) in [7, 11) is 5.47. The highest BCUT2D eigenvalue weighted by Gasteiger charge is 2.30. The SMILES string of the molecule is COc1cccc(OC)c1C(N)C1CSCCN1C. The van der Waals surface area contributed by atoms with Crippen molar-refractivity contribution in [2.24, 2.45) is 5.73 Å². The van der Waals surface area contributed by atoms with E-state index in [1.165, 1.54) is 5.75 Å². The molecule has 2 unspecified atom stereocenters. The molecular weight excluding hydrogens is 260 g/mol. The fourth-order valence-corrected chi connectivity index (χ4v) is 3.77. The highest BCUT2D eigenvalue weighted by molar-refractivity contribution is 7.99. The topological polar surface area (TPSA) is 47.7 Å². The number of ether oxygens (including phenoxy) is 2. The number of nitrogens with two attached hydrogens (primary N) is 1. The molecule has 1 aliphatic rings. The molecule has 19 heavy (non-hydrogen) atoms. The first-order valence-corrected chi connectivity index (χ1v) is 7.59. The molecule has 1 aliphatic heterocycles. The summed E-state index contributed by atoms with van der Waals surface area (Å²) in [5, 5.41) is 0. The lowest BCUT2D eigenvalue weighted by Crippen LogP contribution is -2.46. The van der Waals surface area contributed by atoms with Crippen LogP contribution in [0.1, 0.15) is 11.6 Å². The van der Waals surface area contributed by atoms with E-state index in [4.69, 9.17) is 15.2 Å². The highest BCUT2D eigenvalue weighted by atomic mass is 32.2. The van der Waals surface area contributed by atoms with E-state index >= 15 is 0 Å². The van der Waals surface area contributed by atoms with Crippen molar-refractivity contribution in [2.45, 2.75) is 12.1 Å². The largest absolute Gasteiger partial charge is 0.496 e. The molecule has 106 valence electrons. The minimum Gasteiger partial charge on any atom is -0.496 e. The average Bonchev–Trinajstić information content (AvgIpc) is 2.46. The number of thioether (sulfide) groups is 1. The van der Waals surface area contributed by atoms with E-state index in [9.17, 15) is 0 Å². The van der Waals surface area contributed by atoms with Crippen molar-refractivity contribution in [3.63, 3.8) is 0 Å². The Morgan fingerprint density at radius 1 is 1.32 bits per heavy atom. The van der Waals surface area contributed by atoms with Crippen molar-refractivity contribution in [3.05, 3.63) is 23.8 Å². The van der Waals surface area contributed by atoms with Crippen molar-refractivity contribution >= 4 is 11.8 Å². The quantitative estimate of drug-likeness (QED) is 0.911. The summed E-state index contributed by atoms with van der Waals surface area (Å²) in [4.78, 5) is 2.33. The normalized spacial score (nSPS) is 22.0. The molecule has 0 radical (unpaired) electrons. The Hall–Kier alpha value is -0.910. The molecule has 1 heterocycles. The lowest BCUT2D eigenvalue weighted by molar-refractivity contribution is 0.232. The molecule has 0 aromatic heterocycles. The van der Waals surface area contributed by atoms with Gasteiger partial charge in [-0.3, -0.25) is 4.90 Å². The van der Waals surface area contributed by atoms with Gasteiger partial charge in [-0.25, -0.2) is 0 Å². The van der Waals surface area contributed by atoms with Gasteiger partial charge in [-0.05, 0) is 19.2 Å². The highest BCUT2D eigenvalue weighted by Crippen LogP contribution is 2.36. The van der Waals surface area contributed by atoms with Gasteiger partial charge in [-0.2, -0.15) is 11.8 Å². The Bertz CT molecular complexity index is 406. The molecule has 1 aromatic carbocycles. The molecule has 0 aliphatic carbocycles. The van der Waals surface area contributed by atoms with Crippen molar-refractivity contribution < 1.29 is 9.47 Å². The first-order valence-electron chi connectivity index (χ1n) is 6.43. The van der Waals surface area contributed by atoms with Crippen LogP contribution in [0.3, 0.4) is 0 Å². The predicted molar refractivity (Wildman–Crippen MR) is 80.2 cm³/mol. The Morgan fingerprint density at radius 3 is 2.47 bits per heavy atom. The first kappa shape index (κ1) is 14.5. The predicted octanol–water partition coefficient (Wildman–Crippen LogP) is 1.75. The minimum atomic E-state index is -0.108. The molecule has 1 saturated heterocycles. The Kier molecular flexibility index (Phi) is 4.96. The summed E-state index contributed by atoms with van der Waals surface area (Å²) >= 11 is 1.95. The van der Waals surface area contributed by atoms with Crippen LogP contribution in [0.2, 0.25) is 0 Å². The molecule has 4 nitrogen and oxygen atoms in total. The minimum absolute atomic E-state index is 0.108. The zero-order chi connectivity index (χ0) is 13.8. The fourth-order valence-electron chi connectivity index (χ4n) is 2.48. The molecule has 5 heteroatoms. The van der Waals surface area contributed by atoms with Crippen LogP contribution in [0.5, 0.6) is 11.5 Å². The second-order valence-corrected chi connectivity index (χ2v) is 5.87. The number of hydrogen-bond acceptors (Lipinski definition) is 5. The second-order valence-electron chi connectivity index (χ2n) is 4.72. The van der Waals surface area contributed by atoms with Gasteiger partial charge in [0.15, 0.2) is 0 Å². The molecule has 0 amide bonds. The molecule has 2 rings (SSSR count). The van der Waals surface area contributed by atoms with Gasteiger partial charge in [-0.15, -0.1) is 0 Å². The van der Waals surface area contributed by atoms with Crippen molar-refractivity contribution in [2.75, 3.05) is 39.3 Å². The Morgan fingerprint density at radius 2 is 1.95 bits per heavy atom. The van der Waals surface area contributed by atoms with Crippen molar-refractivity contribution in [3.8, 4) is 11.5 Å². The first-order chi connectivity index (χ1) is 9.19. The average molecular weight is 282 g/mol.